The van der Waals surface area contributed by atoms with Gasteiger partial charge in [-0.05, 0) is 38.0 Å². The molecule has 1 aromatic rings. The maximum Gasteiger partial charge on any atom is 0.286 e. The van der Waals surface area contributed by atoms with E-state index in [4.69, 9.17) is 0 Å². The molecule has 1 aromatic carbocycles. The molecule has 22 heavy (non-hydrogen) atoms. The SMILES string of the molecule is CCNC(=O)c1ccc2c(c1)S(=O)(=O)N=C1CCCCCN12. The smallest absolute Gasteiger partial charge is 0.286 e. The standard InChI is InChI=1S/C15H19N3O3S/c1-2-16-15(19)11-7-8-12-13(10-11)22(20,21)17-14-6-4-3-5-9-18(12)14/h7-8,10H,2-6,9H2,1H3,(H,16,19). The second kappa shape index (κ2) is 5.72. The highest BCUT2D eigenvalue weighted by Crippen LogP contribution is 2.34. The topological polar surface area (TPSA) is 78.8 Å². The van der Waals surface area contributed by atoms with E-state index in [-0.39, 0.29) is 10.8 Å². The Balaban J connectivity index is 2.09. The van der Waals surface area contributed by atoms with Crippen LogP contribution in [0, 0.1) is 0 Å². The van der Waals surface area contributed by atoms with Crippen LogP contribution in [0.2, 0.25) is 0 Å². The monoisotopic (exact) mass is 321 g/mol. The first-order valence-corrected chi connectivity index (χ1v) is 9.00. The van der Waals surface area contributed by atoms with E-state index in [2.05, 4.69) is 9.71 Å². The molecule has 6 nitrogen and oxygen atoms in total. The molecule has 0 unspecified atom stereocenters. The Morgan fingerprint density at radius 3 is 2.91 bits per heavy atom. The number of fused-ring (bicyclic) bond motifs is 3. The van der Waals surface area contributed by atoms with Gasteiger partial charge in [0.1, 0.15) is 10.7 Å². The number of nitrogens with one attached hydrogen (secondary N) is 1. The van der Waals surface area contributed by atoms with Crippen molar-refractivity contribution in [3.05, 3.63) is 23.8 Å². The van der Waals surface area contributed by atoms with Crippen LogP contribution in [-0.2, 0) is 10.0 Å². The van der Waals surface area contributed by atoms with Gasteiger partial charge in [-0.1, -0.05) is 6.42 Å². The largest absolute Gasteiger partial charge is 0.352 e. The summed E-state index contributed by atoms with van der Waals surface area (Å²) in [6, 6.07) is 4.82. The van der Waals surface area contributed by atoms with Crippen molar-refractivity contribution in [1.82, 2.24) is 5.32 Å². The second-order valence-electron chi connectivity index (χ2n) is 5.49. The van der Waals surface area contributed by atoms with E-state index < -0.39 is 10.0 Å². The minimum atomic E-state index is -3.73. The number of amidine groups is 1. The highest BCUT2D eigenvalue weighted by atomic mass is 32.2. The van der Waals surface area contributed by atoms with Crippen LogP contribution in [0.25, 0.3) is 0 Å². The molecule has 3 rings (SSSR count). The van der Waals surface area contributed by atoms with Crippen molar-refractivity contribution in [3.8, 4) is 0 Å². The molecule has 1 amide bonds. The molecular weight excluding hydrogens is 302 g/mol. The van der Waals surface area contributed by atoms with Crippen LogP contribution >= 0.6 is 0 Å². The summed E-state index contributed by atoms with van der Waals surface area (Å²) in [5, 5.41) is 2.68. The van der Waals surface area contributed by atoms with Crippen LogP contribution in [0.5, 0.6) is 0 Å². The van der Waals surface area contributed by atoms with Crippen molar-refractivity contribution < 1.29 is 13.2 Å². The first kappa shape index (κ1) is 15.0. The van der Waals surface area contributed by atoms with Gasteiger partial charge in [0.15, 0.2) is 0 Å². The minimum absolute atomic E-state index is 0.127. The van der Waals surface area contributed by atoms with Crippen molar-refractivity contribution >= 4 is 27.5 Å². The van der Waals surface area contributed by atoms with Crippen LogP contribution in [0.15, 0.2) is 27.5 Å². The van der Waals surface area contributed by atoms with Gasteiger partial charge in [-0.3, -0.25) is 4.79 Å². The number of carbonyl (C=O) groups is 1. The van der Waals surface area contributed by atoms with E-state index >= 15 is 0 Å². The predicted molar refractivity (Wildman–Crippen MR) is 84.9 cm³/mol. The number of carbonyl (C=O) groups excluding carboxylic acids is 1. The zero-order chi connectivity index (χ0) is 15.7. The molecule has 0 aromatic heterocycles. The lowest BCUT2D eigenvalue weighted by Gasteiger charge is -2.29. The Bertz CT molecular complexity index is 740. The molecule has 0 bridgehead atoms. The van der Waals surface area contributed by atoms with Gasteiger partial charge in [-0.2, -0.15) is 8.42 Å². The van der Waals surface area contributed by atoms with Gasteiger partial charge in [-0.25, -0.2) is 0 Å². The van der Waals surface area contributed by atoms with Gasteiger partial charge in [0.25, 0.3) is 15.9 Å². The minimum Gasteiger partial charge on any atom is -0.352 e. The molecule has 2 aliphatic heterocycles. The first-order valence-electron chi connectivity index (χ1n) is 7.56. The summed E-state index contributed by atoms with van der Waals surface area (Å²) < 4.78 is 28.8. The number of anilines is 1. The van der Waals surface area contributed by atoms with Gasteiger partial charge in [0.05, 0.1) is 5.69 Å². The Hall–Kier alpha value is -1.89. The molecule has 118 valence electrons. The van der Waals surface area contributed by atoms with E-state index in [1.807, 2.05) is 11.8 Å². The number of sulfonamides is 1. The van der Waals surface area contributed by atoms with Gasteiger partial charge in [0, 0.05) is 25.1 Å². The van der Waals surface area contributed by atoms with Gasteiger partial charge < -0.3 is 10.2 Å². The van der Waals surface area contributed by atoms with Crippen molar-refractivity contribution in [3.63, 3.8) is 0 Å². The van der Waals surface area contributed by atoms with Crippen LogP contribution in [0.1, 0.15) is 43.0 Å². The van der Waals surface area contributed by atoms with Crippen molar-refractivity contribution in [2.75, 3.05) is 18.0 Å². The summed E-state index contributed by atoms with van der Waals surface area (Å²) >= 11 is 0. The molecular formula is C15H19N3O3S. The average molecular weight is 321 g/mol. The summed E-state index contributed by atoms with van der Waals surface area (Å²) in [5.74, 6) is 0.349. The number of rotatable bonds is 2. The number of benzene rings is 1. The summed E-state index contributed by atoms with van der Waals surface area (Å²) in [6.07, 6.45) is 3.71. The summed E-state index contributed by atoms with van der Waals surface area (Å²) in [5.41, 5.74) is 0.984. The zero-order valence-electron chi connectivity index (χ0n) is 12.5. The Labute approximate surface area is 130 Å². The number of nitrogens with zero attached hydrogens (tertiary/aromatic N) is 2. The average Bonchev–Trinajstić information content (AvgIpc) is 2.72. The molecule has 0 atom stereocenters. The van der Waals surface area contributed by atoms with E-state index in [0.717, 1.165) is 25.8 Å². The fourth-order valence-corrected chi connectivity index (χ4v) is 4.17. The third-order valence-corrected chi connectivity index (χ3v) is 5.28. The van der Waals surface area contributed by atoms with Crippen LogP contribution in [0.4, 0.5) is 5.69 Å². The van der Waals surface area contributed by atoms with E-state index in [1.54, 1.807) is 12.1 Å². The van der Waals surface area contributed by atoms with Crippen LogP contribution in [-0.4, -0.2) is 33.3 Å². The van der Waals surface area contributed by atoms with Crippen LogP contribution < -0.4 is 10.2 Å². The number of hydrogen-bond acceptors (Lipinski definition) is 4. The summed E-state index contributed by atoms with van der Waals surface area (Å²) in [6.45, 7) is 3.08. The molecule has 1 saturated heterocycles. The maximum absolute atomic E-state index is 12.4. The lowest BCUT2D eigenvalue weighted by Crippen LogP contribution is -2.35. The molecule has 0 saturated carbocycles. The summed E-state index contributed by atoms with van der Waals surface area (Å²) in [7, 11) is -3.73. The van der Waals surface area contributed by atoms with Crippen molar-refractivity contribution in [2.24, 2.45) is 4.40 Å². The lowest BCUT2D eigenvalue weighted by atomic mass is 10.1. The van der Waals surface area contributed by atoms with Gasteiger partial charge in [0.2, 0.25) is 0 Å². The molecule has 1 fully saturated rings. The third-order valence-electron chi connectivity index (χ3n) is 3.95. The van der Waals surface area contributed by atoms with Gasteiger partial charge >= 0.3 is 0 Å². The fraction of sp³-hybridized carbons (Fsp3) is 0.467. The van der Waals surface area contributed by atoms with E-state index in [9.17, 15) is 13.2 Å². The Morgan fingerprint density at radius 1 is 1.32 bits per heavy atom. The molecule has 2 heterocycles. The Kier molecular flexibility index (Phi) is 3.90. The first-order chi connectivity index (χ1) is 10.5. The molecule has 2 aliphatic rings. The zero-order valence-corrected chi connectivity index (χ0v) is 13.3. The molecule has 0 aliphatic carbocycles. The molecule has 1 N–H and O–H groups in total. The third kappa shape index (κ3) is 2.61. The van der Waals surface area contributed by atoms with Gasteiger partial charge in [-0.15, -0.1) is 4.40 Å². The highest BCUT2D eigenvalue weighted by molar-refractivity contribution is 7.90. The second-order valence-corrected chi connectivity index (χ2v) is 7.06. The summed E-state index contributed by atoms with van der Waals surface area (Å²) in [4.78, 5) is 14.0. The molecule has 0 spiro atoms. The van der Waals surface area contributed by atoms with E-state index in [1.165, 1.54) is 6.07 Å². The molecule has 7 heteroatoms. The van der Waals surface area contributed by atoms with Crippen molar-refractivity contribution in [1.29, 1.82) is 0 Å². The van der Waals surface area contributed by atoms with Crippen LogP contribution in [0.3, 0.4) is 0 Å². The predicted octanol–water partition coefficient (Wildman–Crippen LogP) is 1.92. The molecule has 0 radical (unpaired) electrons. The normalized spacial score (nSPS) is 19.5. The number of amides is 1. The number of hydrogen-bond donors (Lipinski definition) is 1. The quantitative estimate of drug-likeness (QED) is 0.902. The lowest BCUT2D eigenvalue weighted by molar-refractivity contribution is 0.0955. The Morgan fingerprint density at radius 2 is 2.14 bits per heavy atom. The fourth-order valence-electron chi connectivity index (χ4n) is 2.88. The maximum atomic E-state index is 12.4. The van der Waals surface area contributed by atoms with Crippen molar-refractivity contribution in [2.45, 2.75) is 37.5 Å². The highest BCUT2D eigenvalue weighted by Gasteiger charge is 2.32. The van der Waals surface area contributed by atoms with E-state index in [0.29, 0.717) is 30.1 Å².